The average molecular weight is 246 g/mol. The minimum atomic E-state index is -1.05. The number of hydrogen-bond donors (Lipinski definition) is 2. The Morgan fingerprint density at radius 3 is 2.50 bits per heavy atom. The highest BCUT2D eigenvalue weighted by Crippen LogP contribution is 2.17. The Balaban J connectivity index is 2.04. The number of aromatic carboxylic acids is 1. The number of aryl methyl sites for hydroxylation is 2. The molecule has 5 nitrogen and oxygen atoms in total. The molecule has 2 rings (SSSR count). The number of H-pyrrole nitrogens is 1. The molecular formula is C13H14N2O3. The maximum absolute atomic E-state index is 10.7. The van der Waals surface area contributed by atoms with Crippen molar-refractivity contribution in [2.24, 2.45) is 0 Å². The lowest BCUT2D eigenvalue weighted by atomic mass is 10.1. The second kappa shape index (κ2) is 4.91. The second-order valence-electron chi connectivity index (χ2n) is 4.20. The maximum atomic E-state index is 10.7. The van der Waals surface area contributed by atoms with Gasteiger partial charge in [0.15, 0.2) is 5.69 Å². The lowest BCUT2D eigenvalue weighted by Gasteiger charge is -2.06. The van der Waals surface area contributed by atoms with Crippen molar-refractivity contribution in [2.45, 2.75) is 20.5 Å². The van der Waals surface area contributed by atoms with Crippen LogP contribution in [-0.4, -0.2) is 21.3 Å². The molecule has 0 aliphatic carbocycles. The van der Waals surface area contributed by atoms with Crippen molar-refractivity contribution >= 4 is 5.97 Å². The zero-order chi connectivity index (χ0) is 13.1. The Morgan fingerprint density at radius 2 is 1.94 bits per heavy atom. The maximum Gasteiger partial charge on any atom is 0.356 e. The number of nitrogens with zero attached hydrogens (tertiary/aromatic N) is 1. The summed E-state index contributed by atoms with van der Waals surface area (Å²) in [5.74, 6) is -0.289. The molecule has 0 radical (unpaired) electrons. The van der Waals surface area contributed by atoms with E-state index in [-0.39, 0.29) is 12.3 Å². The number of ether oxygens (including phenoxy) is 1. The van der Waals surface area contributed by atoms with Gasteiger partial charge in [-0.2, -0.15) is 5.10 Å². The van der Waals surface area contributed by atoms with Gasteiger partial charge in [-0.05, 0) is 43.2 Å². The fourth-order valence-electron chi connectivity index (χ4n) is 1.72. The topological polar surface area (TPSA) is 75.2 Å². The van der Waals surface area contributed by atoms with Gasteiger partial charge in [-0.3, -0.25) is 5.10 Å². The molecule has 2 aromatic rings. The predicted molar refractivity (Wildman–Crippen MR) is 65.8 cm³/mol. The Hall–Kier alpha value is -2.30. The monoisotopic (exact) mass is 246 g/mol. The normalized spacial score (nSPS) is 10.3. The summed E-state index contributed by atoms with van der Waals surface area (Å²) in [6.07, 6.45) is 0. The van der Waals surface area contributed by atoms with Crippen molar-refractivity contribution in [1.29, 1.82) is 0 Å². The van der Waals surface area contributed by atoms with Gasteiger partial charge in [-0.1, -0.05) is 6.07 Å². The van der Waals surface area contributed by atoms with Crippen molar-refractivity contribution in [1.82, 2.24) is 10.2 Å². The number of carbonyl (C=O) groups is 1. The third kappa shape index (κ3) is 2.88. The van der Waals surface area contributed by atoms with E-state index in [0.717, 1.165) is 16.9 Å². The number of aromatic nitrogens is 2. The molecule has 0 saturated heterocycles. The van der Waals surface area contributed by atoms with Gasteiger partial charge in [-0.25, -0.2) is 4.79 Å². The van der Waals surface area contributed by atoms with E-state index in [0.29, 0.717) is 5.69 Å². The predicted octanol–water partition coefficient (Wildman–Crippen LogP) is 2.30. The Bertz CT molecular complexity index is 555. The molecule has 1 aromatic carbocycles. The molecule has 0 bridgehead atoms. The van der Waals surface area contributed by atoms with Crippen molar-refractivity contribution in [3.8, 4) is 5.75 Å². The van der Waals surface area contributed by atoms with E-state index in [1.807, 2.05) is 26.0 Å². The van der Waals surface area contributed by atoms with E-state index in [9.17, 15) is 4.79 Å². The smallest absolute Gasteiger partial charge is 0.356 e. The molecule has 94 valence electrons. The number of benzene rings is 1. The van der Waals surface area contributed by atoms with Gasteiger partial charge in [0.1, 0.15) is 12.4 Å². The van der Waals surface area contributed by atoms with Gasteiger partial charge >= 0.3 is 5.97 Å². The molecule has 0 aliphatic rings. The van der Waals surface area contributed by atoms with E-state index < -0.39 is 5.97 Å². The number of aromatic amines is 1. The minimum Gasteiger partial charge on any atom is -0.487 e. The first-order valence-corrected chi connectivity index (χ1v) is 5.53. The largest absolute Gasteiger partial charge is 0.487 e. The van der Waals surface area contributed by atoms with E-state index in [1.54, 1.807) is 0 Å². The molecule has 1 aromatic heterocycles. The van der Waals surface area contributed by atoms with Crippen LogP contribution in [0.25, 0.3) is 0 Å². The molecular weight excluding hydrogens is 232 g/mol. The highest BCUT2D eigenvalue weighted by atomic mass is 16.5. The summed E-state index contributed by atoms with van der Waals surface area (Å²) in [7, 11) is 0. The molecule has 0 saturated carbocycles. The minimum absolute atomic E-state index is 0.00553. The molecule has 0 fully saturated rings. The van der Waals surface area contributed by atoms with Crippen LogP contribution in [0.3, 0.4) is 0 Å². The lowest BCUT2D eigenvalue weighted by Crippen LogP contribution is -1.96. The van der Waals surface area contributed by atoms with Crippen LogP contribution in [0, 0.1) is 13.8 Å². The number of carboxylic acid groups (broad SMARTS) is 1. The summed E-state index contributed by atoms with van der Waals surface area (Å²) in [4.78, 5) is 10.7. The van der Waals surface area contributed by atoms with Gasteiger partial charge in [0.2, 0.25) is 0 Å². The average Bonchev–Trinajstić information content (AvgIpc) is 2.73. The van der Waals surface area contributed by atoms with Crippen molar-refractivity contribution < 1.29 is 14.6 Å². The first-order chi connectivity index (χ1) is 8.54. The highest BCUT2D eigenvalue weighted by molar-refractivity contribution is 5.85. The molecule has 5 heteroatoms. The van der Waals surface area contributed by atoms with E-state index >= 15 is 0 Å². The second-order valence-corrected chi connectivity index (χ2v) is 4.20. The van der Waals surface area contributed by atoms with Crippen molar-refractivity contribution in [2.75, 3.05) is 0 Å². The van der Waals surface area contributed by atoms with E-state index in [4.69, 9.17) is 9.84 Å². The van der Waals surface area contributed by atoms with Crippen LogP contribution in [0.5, 0.6) is 5.75 Å². The summed E-state index contributed by atoms with van der Waals surface area (Å²) in [5, 5.41) is 15.0. The van der Waals surface area contributed by atoms with E-state index in [1.165, 1.54) is 6.07 Å². The summed E-state index contributed by atoms with van der Waals surface area (Å²) in [6, 6.07) is 7.39. The zero-order valence-electron chi connectivity index (χ0n) is 10.2. The van der Waals surface area contributed by atoms with Crippen LogP contribution < -0.4 is 4.74 Å². The fraction of sp³-hybridized carbons (Fsp3) is 0.231. The van der Waals surface area contributed by atoms with E-state index in [2.05, 4.69) is 16.3 Å². The van der Waals surface area contributed by atoms with Crippen LogP contribution >= 0.6 is 0 Å². The quantitative estimate of drug-likeness (QED) is 0.868. The Morgan fingerprint density at radius 1 is 1.28 bits per heavy atom. The number of nitrogens with one attached hydrogen (secondary N) is 1. The third-order valence-corrected chi connectivity index (χ3v) is 2.44. The lowest BCUT2D eigenvalue weighted by molar-refractivity contribution is 0.0690. The van der Waals surface area contributed by atoms with Crippen LogP contribution in [0.1, 0.15) is 27.3 Å². The van der Waals surface area contributed by atoms with Crippen LogP contribution in [0.2, 0.25) is 0 Å². The SMILES string of the molecule is Cc1cc(C)cc(OCc2cc(C(=O)O)n[nH]2)c1. The summed E-state index contributed by atoms with van der Waals surface area (Å²) < 4.78 is 5.58. The van der Waals surface area contributed by atoms with Crippen molar-refractivity contribution in [3.63, 3.8) is 0 Å². The summed E-state index contributed by atoms with van der Waals surface area (Å²) >= 11 is 0. The summed E-state index contributed by atoms with van der Waals surface area (Å²) in [5.41, 5.74) is 2.88. The van der Waals surface area contributed by atoms with Gasteiger partial charge < -0.3 is 9.84 Å². The molecule has 0 unspecified atom stereocenters. The van der Waals surface area contributed by atoms with Gasteiger partial charge in [0.05, 0.1) is 5.69 Å². The molecule has 0 aliphatic heterocycles. The van der Waals surface area contributed by atoms with Crippen LogP contribution in [-0.2, 0) is 6.61 Å². The van der Waals surface area contributed by atoms with Gasteiger partial charge in [-0.15, -0.1) is 0 Å². The molecule has 0 spiro atoms. The molecule has 1 heterocycles. The zero-order valence-corrected chi connectivity index (χ0v) is 10.2. The summed E-state index contributed by atoms with van der Waals surface area (Å²) in [6.45, 7) is 4.26. The van der Waals surface area contributed by atoms with Crippen molar-refractivity contribution in [3.05, 3.63) is 46.8 Å². The molecule has 18 heavy (non-hydrogen) atoms. The fourth-order valence-corrected chi connectivity index (χ4v) is 1.72. The van der Waals surface area contributed by atoms with Crippen LogP contribution in [0.15, 0.2) is 24.3 Å². The van der Waals surface area contributed by atoms with Gasteiger partial charge in [0, 0.05) is 0 Å². The van der Waals surface area contributed by atoms with Crippen LogP contribution in [0.4, 0.5) is 0 Å². The third-order valence-electron chi connectivity index (χ3n) is 2.44. The number of hydrogen-bond acceptors (Lipinski definition) is 3. The standard InChI is InChI=1S/C13H14N2O3/c1-8-3-9(2)5-11(4-8)18-7-10-6-12(13(16)17)15-14-10/h3-6H,7H2,1-2H3,(H,14,15)(H,16,17). The number of carboxylic acids is 1. The molecule has 2 N–H and O–H groups in total. The first-order valence-electron chi connectivity index (χ1n) is 5.53. The molecule has 0 atom stereocenters. The Kier molecular flexibility index (Phi) is 3.32. The first kappa shape index (κ1) is 12.2. The molecule has 0 amide bonds. The highest BCUT2D eigenvalue weighted by Gasteiger charge is 2.08. The Labute approximate surface area is 104 Å². The van der Waals surface area contributed by atoms with Gasteiger partial charge in [0.25, 0.3) is 0 Å². The number of rotatable bonds is 4.